The molecule has 2 saturated heterocycles. The van der Waals surface area contributed by atoms with E-state index in [2.05, 4.69) is 20.6 Å². The van der Waals surface area contributed by atoms with Crippen LogP contribution < -0.4 is 21.1 Å². The summed E-state index contributed by atoms with van der Waals surface area (Å²) in [6.07, 6.45) is 1.97. The molecule has 3 aromatic rings. The molecule has 4 heterocycles. The molecule has 2 aliphatic rings. The molecule has 0 bridgehead atoms. The first-order chi connectivity index (χ1) is 16.1. The van der Waals surface area contributed by atoms with Gasteiger partial charge in [-0.3, -0.25) is 9.78 Å². The number of aromatic nitrogens is 3. The van der Waals surface area contributed by atoms with Crippen LogP contribution in [0.3, 0.4) is 0 Å². The molecule has 2 aliphatic heterocycles. The first-order valence-corrected chi connectivity index (χ1v) is 11.8. The number of ether oxygens (including phenoxy) is 1. The molecule has 33 heavy (non-hydrogen) atoms. The lowest BCUT2D eigenvalue weighted by atomic mass is 10.1. The second-order valence-electron chi connectivity index (χ2n) is 8.06. The molecule has 0 aliphatic carbocycles. The Hall–Kier alpha value is -2.89. The first-order valence-electron chi connectivity index (χ1n) is 10.9. The van der Waals surface area contributed by atoms with Crippen LogP contribution in [-0.2, 0) is 4.74 Å². The number of anilines is 2. The number of nitrogens with zero attached hydrogens (tertiary/aromatic N) is 3. The van der Waals surface area contributed by atoms with Crippen molar-refractivity contribution in [2.75, 3.05) is 49.6 Å². The number of benzene rings is 1. The molecule has 0 radical (unpaired) electrons. The third-order valence-electron chi connectivity index (χ3n) is 5.78. The number of H-pyrrole nitrogens is 1. The topological polar surface area (TPSA) is 95.2 Å². The molecule has 2 aromatic heterocycles. The van der Waals surface area contributed by atoms with Crippen LogP contribution >= 0.6 is 11.3 Å². The van der Waals surface area contributed by atoms with Crippen molar-refractivity contribution in [1.29, 1.82) is 0 Å². The maximum atomic E-state index is 14.3. The van der Waals surface area contributed by atoms with Gasteiger partial charge in [-0.25, -0.2) is 13.8 Å². The number of thiazole rings is 1. The summed E-state index contributed by atoms with van der Waals surface area (Å²) >= 11 is 1.19. The fourth-order valence-electron chi connectivity index (χ4n) is 4.06. The molecule has 1 aromatic carbocycles. The maximum Gasteiger partial charge on any atom is 0.264 e. The zero-order valence-electron chi connectivity index (χ0n) is 17.9. The molecule has 1 unspecified atom stereocenters. The van der Waals surface area contributed by atoms with Crippen molar-refractivity contribution >= 4 is 23.1 Å². The molecule has 3 N–H and O–H groups in total. The number of halogens is 2. The van der Waals surface area contributed by atoms with Crippen LogP contribution in [0.2, 0.25) is 0 Å². The highest BCUT2D eigenvalue weighted by molar-refractivity contribution is 7.13. The molecule has 8 nitrogen and oxygen atoms in total. The van der Waals surface area contributed by atoms with Gasteiger partial charge in [0.15, 0.2) is 0 Å². The Bertz CT molecular complexity index is 1190. The number of aromatic amines is 1. The van der Waals surface area contributed by atoms with E-state index in [1.165, 1.54) is 11.3 Å². The van der Waals surface area contributed by atoms with Gasteiger partial charge in [0, 0.05) is 36.6 Å². The number of piperidine rings is 1. The Kier molecular flexibility index (Phi) is 6.34. The summed E-state index contributed by atoms with van der Waals surface area (Å²) in [5.74, 6) is -0.210. The quantitative estimate of drug-likeness (QED) is 0.523. The normalized spacial score (nSPS) is 19.0. The number of rotatable bonds is 5. The van der Waals surface area contributed by atoms with Gasteiger partial charge in [-0.15, -0.1) is 11.3 Å². The van der Waals surface area contributed by atoms with E-state index >= 15 is 0 Å². The summed E-state index contributed by atoms with van der Waals surface area (Å²) < 4.78 is 33.4. The molecule has 0 spiro atoms. The fraction of sp³-hybridized carbons (Fsp3) is 0.409. The van der Waals surface area contributed by atoms with Crippen molar-refractivity contribution in [3.63, 3.8) is 0 Å². The predicted octanol–water partition coefficient (Wildman–Crippen LogP) is 2.84. The summed E-state index contributed by atoms with van der Waals surface area (Å²) in [4.78, 5) is 27.3. The summed E-state index contributed by atoms with van der Waals surface area (Å²) in [7, 11) is 0. The van der Waals surface area contributed by atoms with Crippen molar-refractivity contribution in [1.82, 2.24) is 20.3 Å². The summed E-state index contributed by atoms with van der Waals surface area (Å²) in [6, 6.07) is 3.35. The van der Waals surface area contributed by atoms with Crippen molar-refractivity contribution < 1.29 is 13.5 Å². The molecular formula is C22H24F2N6O2S. The van der Waals surface area contributed by atoms with Crippen LogP contribution in [0.5, 0.6) is 0 Å². The minimum atomic E-state index is -0.574. The minimum absolute atomic E-state index is 0.0535. The van der Waals surface area contributed by atoms with E-state index in [0.29, 0.717) is 48.6 Å². The Morgan fingerprint density at radius 2 is 2.06 bits per heavy atom. The van der Waals surface area contributed by atoms with Crippen LogP contribution in [-0.4, -0.2) is 60.4 Å². The Morgan fingerprint density at radius 3 is 2.85 bits per heavy atom. The van der Waals surface area contributed by atoms with Crippen LogP contribution in [0, 0.1) is 11.6 Å². The Balaban J connectivity index is 1.55. The number of hydrogen-bond donors (Lipinski definition) is 3. The lowest BCUT2D eigenvalue weighted by Gasteiger charge is -2.29. The van der Waals surface area contributed by atoms with Crippen molar-refractivity contribution in [2.45, 2.75) is 18.9 Å². The molecule has 0 amide bonds. The van der Waals surface area contributed by atoms with E-state index in [1.54, 1.807) is 5.38 Å². The summed E-state index contributed by atoms with van der Waals surface area (Å²) in [5.41, 5.74) is 0.288. The second-order valence-corrected chi connectivity index (χ2v) is 8.92. The highest BCUT2D eigenvalue weighted by Crippen LogP contribution is 2.33. The molecular weight excluding hydrogens is 450 g/mol. The third kappa shape index (κ3) is 4.75. The third-order valence-corrected chi connectivity index (χ3v) is 6.64. The van der Waals surface area contributed by atoms with Gasteiger partial charge in [0.2, 0.25) is 5.95 Å². The van der Waals surface area contributed by atoms with E-state index in [1.807, 2.05) is 4.90 Å². The molecule has 1 atom stereocenters. The minimum Gasteiger partial charge on any atom is -0.378 e. The zero-order valence-corrected chi connectivity index (χ0v) is 18.7. The standard InChI is InChI=1S/C22H24F2N6O2S/c23-13-3-4-16(24)15(10-13)17-12-33-21(27-17)18-19(26-14-2-1-5-25-11-14)28-22(29-20(18)31)30-6-8-32-9-7-30/h3-4,10,12,14,25H,1-2,5-9,11H2,(H2,26,28,29,31). The number of hydrogen-bond acceptors (Lipinski definition) is 8. The van der Waals surface area contributed by atoms with Gasteiger partial charge in [-0.05, 0) is 37.6 Å². The van der Waals surface area contributed by atoms with E-state index in [0.717, 1.165) is 44.1 Å². The van der Waals surface area contributed by atoms with E-state index in [-0.39, 0.29) is 22.9 Å². The van der Waals surface area contributed by atoms with Gasteiger partial charge in [0.05, 0.1) is 18.9 Å². The van der Waals surface area contributed by atoms with Crippen molar-refractivity contribution in [3.05, 3.63) is 45.6 Å². The first kappa shape index (κ1) is 21.9. The molecule has 2 fully saturated rings. The lowest BCUT2D eigenvalue weighted by molar-refractivity contribution is 0.122. The predicted molar refractivity (Wildman–Crippen MR) is 124 cm³/mol. The van der Waals surface area contributed by atoms with Gasteiger partial charge < -0.3 is 20.3 Å². The number of nitrogens with one attached hydrogen (secondary N) is 3. The fourth-order valence-corrected chi connectivity index (χ4v) is 4.92. The highest BCUT2D eigenvalue weighted by Gasteiger charge is 2.24. The second kappa shape index (κ2) is 9.54. The largest absolute Gasteiger partial charge is 0.378 e. The summed E-state index contributed by atoms with van der Waals surface area (Å²) in [6.45, 7) is 4.12. The molecule has 5 rings (SSSR count). The van der Waals surface area contributed by atoms with Crippen LogP contribution in [0.1, 0.15) is 12.8 Å². The van der Waals surface area contributed by atoms with Crippen LogP contribution in [0.15, 0.2) is 28.4 Å². The smallest absolute Gasteiger partial charge is 0.264 e. The van der Waals surface area contributed by atoms with Crippen molar-refractivity contribution in [2.24, 2.45) is 0 Å². The average molecular weight is 475 g/mol. The monoisotopic (exact) mass is 474 g/mol. The van der Waals surface area contributed by atoms with Gasteiger partial charge >= 0.3 is 0 Å². The van der Waals surface area contributed by atoms with Gasteiger partial charge in [-0.2, -0.15) is 4.98 Å². The zero-order chi connectivity index (χ0) is 22.8. The lowest BCUT2D eigenvalue weighted by Crippen LogP contribution is -2.40. The highest BCUT2D eigenvalue weighted by atomic mass is 32.1. The Labute approximate surface area is 193 Å². The van der Waals surface area contributed by atoms with Gasteiger partial charge in [0.1, 0.15) is 28.0 Å². The summed E-state index contributed by atoms with van der Waals surface area (Å²) in [5, 5.41) is 8.78. The average Bonchev–Trinajstić information content (AvgIpc) is 3.31. The SMILES string of the molecule is O=c1[nH]c(N2CCOCC2)nc(NC2CCCNC2)c1-c1nc(-c2cc(F)ccc2F)cs1. The number of morpholine rings is 1. The molecule has 11 heteroatoms. The van der Waals surface area contributed by atoms with E-state index in [4.69, 9.17) is 9.72 Å². The maximum absolute atomic E-state index is 14.3. The molecule has 174 valence electrons. The van der Waals surface area contributed by atoms with Gasteiger partial charge in [0.25, 0.3) is 5.56 Å². The molecule has 0 saturated carbocycles. The van der Waals surface area contributed by atoms with Crippen LogP contribution in [0.25, 0.3) is 21.8 Å². The van der Waals surface area contributed by atoms with E-state index in [9.17, 15) is 13.6 Å². The van der Waals surface area contributed by atoms with Crippen LogP contribution in [0.4, 0.5) is 20.5 Å². The van der Waals surface area contributed by atoms with Crippen molar-refractivity contribution in [3.8, 4) is 21.8 Å². The van der Waals surface area contributed by atoms with Gasteiger partial charge in [-0.1, -0.05) is 0 Å². The Morgan fingerprint density at radius 1 is 1.21 bits per heavy atom. The van der Waals surface area contributed by atoms with E-state index < -0.39 is 11.6 Å².